The predicted molar refractivity (Wildman–Crippen MR) is 112 cm³/mol. The highest BCUT2D eigenvalue weighted by molar-refractivity contribution is 6.45. The van der Waals surface area contributed by atoms with E-state index >= 15 is 0 Å². The van der Waals surface area contributed by atoms with Crippen molar-refractivity contribution in [1.29, 1.82) is 0 Å². The summed E-state index contributed by atoms with van der Waals surface area (Å²) in [5.74, 6) is -1.37. The highest BCUT2D eigenvalue weighted by atomic mass is 35.5. The van der Waals surface area contributed by atoms with Crippen LogP contribution >= 0.6 is 11.6 Å². The highest BCUT2D eigenvalue weighted by Crippen LogP contribution is 2.37. The zero-order valence-electron chi connectivity index (χ0n) is 16.5. The summed E-state index contributed by atoms with van der Waals surface area (Å²) in [5, 5.41) is -0.123. The van der Waals surface area contributed by atoms with E-state index in [9.17, 15) is 14.0 Å². The second kappa shape index (κ2) is 7.64. The number of benzene rings is 2. The molecule has 1 saturated heterocycles. The van der Waals surface area contributed by atoms with Gasteiger partial charge < -0.3 is 4.90 Å². The highest BCUT2D eigenvalue weighted by Gasteiger charge is 2.42. The number of nitrogens with zero attached hydrogens (tertiary/aromatic N) is 2. The van der Waals surface area contributed by atoms with E-state index in [0.29, 0.717) is 11.3 Å². The first-order chi connectivity index (χ1) is 13.9. The third-order valence-corrected chi connectivity index (χ3v) is 5.98. The first kappa shape index (κ1) is 19.6. The van der Waals surface area contributed by atoms with Gasteiger partial charge in [0, 0.05) is 13.1 Å². The molecule has 4 rings (SSSR count). The normalized spacial score (nSPS) is 17.5. The summed E-state index contributed by atoms with van der Waals surface area (Å²) in [5.41, 5.74) is 4.01. The summed E-state index contributed by atoms with van der Waals surface area (Å²) < 4.78 is 13.6. The molecule has 0 spiro atoms. The van der Waals surface area contributed by atoms with Crippen molar-refractivity contribution < 1.29 is 14.0 Å². The van der Waals surface area contributed by atoms with Gasteiger partial charge in [0.05, 0.1) is 16.3 Å². The predicted octanol–water partition coefficient (Wildman–Crippen LogP) is 4.87. The number of imide groups is 1. The van der Waals surface area contributed by atoms with E-state index in [2.05, 4.69) is 0 Å². The van der Waals surface area contributed by atoms with E-state index in [1.54, 1.807) is 0 Å². The number of rotatable bonds is 3. The van der Waals surface area contributed by atoms with E-state index in [4.69, 9.17) is 11.6 Å². The second-order valence-corrected chi connectivity index (χ2v) is 8.02. The summed E-state index contributed by atoms with van der Waals surface area (Å²) in [4.78, 5) is 30.0. The summed E-state index contributed by atoms with van der Waals surface area (Å²) in [6.45, 7) is 5.47. The summed E-state index contributed by atoms with van der Waals surface area (Å²) in [7, 11) is 0. The molecule has 2 amide bonds. The Labute approximate surface area is 174 Å². The standard InChI is InChI=1S/C23H22ClFN2O2/c1-14-6-7-16(12-15(14)2)20-21(26-10-4-3-5-11-26)23(29)27(22(20)28)17-8-9-19(25)18(24)13-17/h6-9,12-13H,3-5,10-11H2,1-2H3. The Hall–Kier alpha value is -2.66. The molecule has 0 bridgehead atoms. The maximum absolute atomic E-state index is 13.6. The summed E-state index contributed by atoms with van der Waals surface area (Å²) in [6, 6.07) is 9.69. The van der Waals surface area contributed by atoms with Crippen LogP contribution in [0, 0.1) is 19.7 Å². The minimum absolute atomic E-state index is 0.123. The number of amides is 2. The Kier molecular flexibility index (Phi) is 5.17. The fourth-order valence-corrected chi connectivity index (χ4v) is 4.12. The maximum atomic E-state index is 13.6. The van der Waals surface area contributed by atoms with Crippen molar-refractivity contribution >= 4 is 34.7 Å². The van der Waals surface area contributed by atoms with Crippen LogP contribution in [-0.4, -0.2) is 29.8 Å². The molecular weight excluding hydrogens is 391 g/mol. The van der Waals surface area contributed by atoms with Crippen LogP contribution in [0.4, 0.5) is 10.1 Å². The minimum Gasteiger partial charge on any atom is -0.366 e. The topological polar surface area (TPSA) is 40.6 Å². The average Bonchev–Trinajstić information content (AvgIpc) is 2.97. The van der Waals surface area contributed by atoms with Crippen LogP contribution in [0.5, 0.6) is 0 Å². The van der Waals surface area contributed by atoms with Crippen molar-refractivity contribution in [3.63, 3.8) is 0 Å². The Bertz CT molecular complexity index is 1040. The molecule has 0 atom stereocenters. The van der Waals surface area contributed by atoms with Gasteiger partial charge in [0.15, 0.2) is 0 Å². The molecule has 0 unspecified atom stereocenters. The Morgan fingerprint density at radius 3 is 2.28 bits per heavy atom. The first-order valence-electron chi connectivity index (χ1n) is 9.79. The Balaban J connectivity index is 1.85. The Morgan fingerprint density at radius 2 is 1.62 bits per heavy atom. The van der Waals surface area contributed by atoms with E-state index in [-0.39, 0.29) is 16.6 Å². The van der Waals surface area contributed by atoms with Crippen molar-refractivity contribution in [2.45, 2.75) is 33.1 Å². The number of carbonyl (C=O) groups is 2. The van der Waals surface area contributed by atoms with E-state index in [0.717, 1.165) is 53.9 Å². The largest absolute Gasteiger partial charge is 0.366 e. The van der Waals surface area contributed by atoms with Gasteiger partial charge in [-0.1, -0.05) is 29.8 Å². The molecule has 0 aromatic heterocycles. The number of piperidine rings is 1. The van der Waals surface area contributed by atoms with Gasteiger partial charge in [0.2, 0.25) is 0 Å². The quantitative estimate of drug-likeness (QED) is 0.675. The van der Waals surface area contributed by atoms with Crippen LogP contribution in [0.2, 0.25) is 5.02 Å². The van der Waals surface area contributed by atoms with Crippen molar-refractivity contribution in [2.24, 2.45) is 0 Å². The number of carbonyl (C=O) groups excluding carboxylic acids is 2. The zero-order valence-corrected chi connectivity index (χ0v) is 17.2. The second-order valence-electron chi connectivity index (χ2n) is 7.61. The molecule has 150 valence electrons. The van der Waals surface area contributed by atoms with Crippen molar-refractivity contribution in [2.75, 3.05) is 18.0 Å². The average molecular weight is 413 g/mol. The number of likely N-dealkylation sites (tertiary alicyclic amines) is 1. The molecule has 2 aliphatic rings. The van der Waals surface area contributed by atoms with Crippen LogP contribution in [-0.2, 0) is 9.59 Å². The first-order valence-corrected chi connectivity index (χ1v) is 10.2. The van der Waals surface area contributed by atoms with Gasteiger partial charge in [-0.15, -0.1) is 0 Å². The van der Waals surface area contributed by atoms with Crippen molar-refractivity contribution in [3.8, 4) is 0 Å². The number of aryl methyl sites for hydroxylation is 2. The molecule has 2 aromatic carbocycles. The van der Waals surface area contributed by atoms with Crippen LogP contribution in [0.15, 0.2) is 42.1 Å². The van der Waals surface area contributed by atoms with Crippen molar-refractivity contribution in [3.05, 3.63) is 69.6 Å². The molecule has 2 aromatic rings. The molecule has 0 N–H and O–H groups in total. The molecule has 29 heavy (non-hydrogen) atoms. The molecular formula is C23H22ClFN2O2. The number of anilines is 1. The van der Waals surface area contributed by atoms with Gasteiger partial charge in [0.25, 0.3) is 11.8 Å². The van der Waals surface area contributed by atoms with Crippen LogP contribution in [0.25, 0.3) is 5.57 Å². The smallest absolute Gasteiger partial charge is 0.282 e. The van der Waals surface area contributed by atoms with Crippen LogP contribution in [0.3, 0.4) is 0 Å². The van der Waals surface area contributed by atoms with E-state index in [1.807, 2.05) is 36.9 Å². The Morgan fingerprint density at radius 1 is 0.897 bits per heavy atom. The van der Waals surface area contributed by atoms with E-state index in [1.165, 1.54) is 18.2 Å². The van der Waals surface area contributed by atoms with E-state index < -0.39 is 11.7 Å². The molecule has 1 fully saturated rings. The van der Waals surface area contributed by atoms with Gasteiger partial charge in [-0.3, -0.25) is 9.59 Å². The van der Waals surface area contributed by atoms with Gasteiger partial charge in [-0.05, 0) is 68.0 Å². The van der Waals surface area contributed by atoms with Crippen LogP contribution < -0.4 is 4.90 Å². The number of hydrogen-bond donors (Lipinski definition) is 0. The lowest BCUT2D eigenvalue weighted by Crippen LogP contribution is -2.37. The summed E-state index contributed by atoms with van der Waals surface area (Å²) in [6.07, 6.45) is 3.07. The maximum Gasteiger partial charge on any atom is 0.282 e. The number of halogens is 2. The zero-order chi connectivity index (χ0) is 20.7. The minimum atomic E-state index is -0.590. The lowest BCUT2D eigenvalue weighted by Gasteiger charge is -2.29. The fraction of sp³-hybridized carbons (Fsp3) is 0.304. The lowest BCUT2D eigenvalue weighted by atomic mass is 9.98. The molecule has 0 aliphatic carbocycles. The summed E-state index contributed by atoms with van der Waals surface area (Å²) >= 11 is 5.92. The third kappa shape index (κ3) is 3.44. The fourth-order valence-electron chi connectivity index (χ4n) is 3.94. The van der Waals surface area contributed by atoms with Crippen molar-refractivity contribution in [1.82, 2.24) is 4.90 Å². The lowest BCUT2D eigenvalue weighted by molar-refractivity contribution is -0.120. The van der Waals surface area contributed by atoms with Gasteiger partial charge in [-0.2, -0.15) is 0 Å². The number of hydrogen-bond acceptors (Lipinski definition) is 3. The van der Waals surface area contributed by atoms with Crippen LogP contribution in [0.1, 0.15) is 36.0 Å². The molecule has 2 aliphatic heterocycles. The monoisotopic (exact) mass is 412 g/mol. The van der Waals surface area contributed by atoms with Gasteiger partial charge >= 0.3 is 0 Å². The SMILES string of the molecule is Cc1ccc(C2=C(N3CCCCC3)C(=O)N(c3ccc(F)c(Cl)c3)C2=O)cc1C. The molecule has 6 heteroatoms. The van der Waals surface area contributed by atoms with Gasteiger partial charge in [0.1, 0.15) is 11.5 Å². The molecule has 2 heterocycles. The van der Waals surface area contributed by atoms with Gasteiger partial charge in [-0.25, -0.2) is 9.29 Å². The molecule has 0 radical (unpaired) electrons. The molecule has 0 saturated carbocycles. The molecule has 4 nitrogen and oxygen atoms in total. The third-order valence-electron chi connectivity index (χ3n) is 5.69.